The lowest BCUT2D eigenvalue weighted by atomic mass is 9.96. The van der Waals surface area contributed by atoms with E-state index in [0.717, 1.165) is 10.5 Å². The van der Waals surface area contributed by atoms with E-state index in [9.17, 15) is 9.59 Å². The average Bonchev–Trinajstić information content (AvgIpc) is 3.13. The first kappa shape index (κ1) is 24.5. The molecule has 2 aromatic carbocycles. The van der Waals surface area contributed by atoms with Crippen LogP contribution in [0.2, 0.25) is 10.0 Å². The van der Waals surface area contributed by atoms with Crippen molar-refractivity contribution in [3.8, 4) is 0 Å². The summed E-state index contributed by atoms with van der Waals surface area (Å²) in [6.45, 7) is 5.41. The summed E-state index contributed by atoms with van der Waals surface area (Å²) in [5, 5.41) is 0.875. The van der Waals surface area contributed by atoms with Crippen molar-refractivity contribution in [2.24, 2.45) is 4.99 Å². The highest BCUT2D eigenvalue weighted by Crippen LogP contribution is 2.32. The maximum Gasteiger partial charge on any atom is 0.338 e. The lowest BCUT2D eigenvalue weighted by molar-refractivity contribution is -0.138. The van der Waals surface area contributed by atoms with E-state index in [1.165, 1.54) is 22.0 Å². The molecule has 0 bridgehead atoms. The number of carbonyl (C=O) groups is 1. The molecule has 0 saturated heterocycles. The van der Waals surface area contributed by atoms with Crippen molar-refractivity contribution < 1.29 is 9.53 Å². The monoisotopic (exact) mass is 530 g/mol. The third-order valence-electron chi connectivity index (χ3n) is 5.28. The molecule has 0 aliphatic carbocycles. The maximum absolute atomic E-state index is 13.6. The Kier molecular flexibility index (Phi) is 7.48. The van der Waals surface area contributed by atoms with Gasteiger partial charge in [0.15, 0.2) is 4.80 Å². The number of hydrogen-bond donors (Lipinski definition) is 0. The summed E-state index contributed by atoms with van der Waals surface area (Å²) in [4.78, 5) is 32.8. The van der Waals surface area contributed by atoms with Gasteiger partial charge < -0.3 is 4.74 Å². The maximum atomic E-state index is 13.6. The van der Waals surface area contributed by atoms with Crippen LogP contribution in [0.5, 0.6) is 0 Å². The van der Waals surface area contributed by atoms with Crippen LogP contribution in [0, 0.1) is 0 Å². The van der Waals surface area contributed by atoms with Crippen molar-refractivity contribution >= 4 is 58.3 Å². The van der Waals surface area contributed by atoms with Crippen molar-refractivity contribution in [3.05, 3.63) is 107 Å². The molecule has 1 aliphatic rings. The van der Waals surface area contributed by atoms with Crippen LogP contribution in [0.1, 0.15) is 24.1 Å². The molecule has 4 rings (SSSR count). The fourth-order valence-electron chi connectivity index (χ4n) is 3.68. The molecule has 0 radical (unpaired) electrons. The van der Waals surface area contributed by atoms with Gasteiger partial charge in [-0.15, -0.1) is 11.8 Å². The lowest BCUT2D eigenvalue weighted by Gasteiger charge is -2.24. The number of nitrogens with zero attached hydrogens (tertiary/aromatic N) is 2. The lowest BCUT2D eigenvalue weighted by Crippen LogP contribution is -2.39. The number of thiazole rings is 1. The molecule has 174 valence electrons. The molecule has 5 nitrogen and oxygen atoms in total. The van der Waals surface area contributed by atoms with Gasteiger partial charge in [0, 0.05) is 20.5 Å². The molecule has 0 N–H and O–H groups in total. The number of thioether (sulfide) groups is 1. The van der Waals surface area contributed by atoms with E-state index in [1.54, 1.807) is 43.0 Å². The predicted molar refractivity (Wildman–Crippen MR) is 140 cm³/mol. The summed E-state index contributed by atoms with van der Waals surface area (Å²) in [6, 6.07) is 12.2. The Morgan fingerprint density at radius 2 is 1.91 bits per heavy atom. The van der Waals surface area contributed by atoms with Gasteiger partial charge in [-0.1, -0.05) is 65.4 Å². The van der Waals surface area contributed by atoms with Crippen molar-refractivity contribution in [1.29, 1.82) is 0 Å². The van der Waals surface area contributed by atoms with Crippen molar-refractivity contribution in [1.82, 2.24) is 4.57 Å². The quantitative estimate of drug-likeness (QED) is 0.256. The summed E-state index contributed by atoms with van der Waals surface area (Å²) in [5.41, 5.74) is 1.85. The van der Waals surface area contributed by atoms with Gasteiger partial charge in [-0.2, -0.15) is 0 Å². The number of aromatic nitrogens is 1. The first-order chi connectivity index (χ1) is 16.3. The van der Waals surface area contributed by atoms with Crippen molar-refractivity contribution in [2.45, 2.75) is 17.9 Å². The fourth-order valence-corrected chi connectivity index (χ4v) is 5.62. The molecular weight excluding hydrogens is 511 g/mol. The number of fused-ring (bicyclic) bond motifs is 1. The van der Waals surface area contributed by atoms with E-state index in [2.05, 4.69) is 11.6 Å². The molecule has 1 aliphatic heterocycles. The number of allylic oxidation sites excluding steroid dienone is 1. The first-order valence-corrected chi connectivity index (χ1v) is 13.0. The molecule has 9 heteroatoms. The second-order valence-electron chi connectivity index (χ2n) is 7.38. The van der Waals surface area contributed by atoms with Crippen LogP contribution in [0.15, 0.2) is 81.1 Å². The minimum Gasteiger partial charge on any atom is -0.458 e. The van der Waals surface area contributed by atoms with Gasteiger partial charge in [0.1, 0.15) is 6.61 Å². The number of carbonyl (C=O) groups excluding carboxylic acids is 1. The number of rotatable bonds is 6. The largest absolute Gasteiger partial charge is 0.458 e. The summed E-state index contributed by atoms with van der Waals surface area (Å²) in [5.74, 6) is -0.538. The molecule has 2 heterocycles. The zero-order valence-electron chi connectivity index (χ0n) is 18.4. The van der Waals surface area contributed by atoms with Crippen LogP contribution in [-0.2, 0) is 9.53 Å². The highest BCUT2D eigenvalue weighted by Gasteiger charge is 2.33. The standard InChI is InChI=1S/C25H20Cl2N2O3S2/c1-4-12-32-24(31)21-14(2)28-25-29(22(21)15-8-10-16(33-3)11-9-15)23(30)20(34-25)13-17-18(26)6-5-7-19(17)27/h4-11,13,22H,1,12H2,2-3H3. The van der Waals surface area contributed by atoms with Gasteiger partial charge in [-0.3, -0.25) is 9.36 Å². The Morgan fingerprint density at radius 3 is 2.53 bits per heavy atom. The number of esters is 1. The third kappa shape index (κ3) is 4.66. The number of benzene rings is 2. The van der Waals surface area contributed by atoms with E-state index in [0.29, 0.717) is 36.2 Å². The van der Waals surface area contributed by atoms with Crippen LogP contribution in [0.3, 0.4) is 0 Å². The molecule has 0 amide bonds. The van der Waals surface area contributed by atoms with Gasteiger partial charge in [-0.25, -0.2) is 9.79 Å². The van der Waals surface area contributed by atoms with E-state index in [-0.39, 0.29) is 12.2 Å². The summed E-state index contributed by atoms with van der Waals surface area (Å²) in [7, 11) is 0. The molecular formula is C25H20Cl2N2O3S2. The molecule has 3 aromatic rings. The molecule has 0 fully saturated rings. The van der Waals surface area contributed by atoms with E-state index < -0.39 is 12.0 Å². The zero-order valence-corrected chi connectivity index (χ0v) is 21.5. The number of ether oxygens (including phenoxy) is 1. The Morgan fingerprint density at radius 1 is 1.24 bits per heavy atom. The third-order valence-corrected chi connectivity index (χ3v) is 7.67. The Hall–Kier alpha value is -2.58. The highest BCUT2D eigenvalue weighted by atomic mass is 35.5. The SMILES string of the molecule is C=CCOC(=O)C1=C(C)N=c2sc(=Cc3c(Cl)cccc3Cl)c(=O)n2C1c1ccc(SC)cc1. The fraction of sp³-hybridized carbons (Fsp3) is 0.160. The van der Waals surface area contributed by atoms with Crippen LogP contribution >= 0.6 is 46.3 Å². The van der Waals surface area contributed by atoms with Crippen LogP contribution in [0.25, 0.3) is 6.08 Å². The Labute approximate surface area is 214 Å². The Bertz CT molecular complexity index is 1470. The molecule has 0 spiro atoms. The highest BCUT2D eigenvalue weighted by molar-refractivity contribution is 7.98. The second-order valence-corrected chi connectivity index (χ2v) is 10.1. The van der Waals surface area contributed by atoms with Gasteiger partial charge in [0.05, 0.1) is 21.8 Å². The number of halogens is 2. The average molecular weight is 531 g/mol. The first-order valence-electron chi connectivity index (χ1n) is 10.2. The zero-order chi connectivity index (χ0) is 24.4. The summed E-state index contributed by atoms with van der Waals surface area (Å²) < 4.78 is 7.30. The van der Waals surface area contributed by atoms with Gasteiger partial charge >= 0.3 is 5.97 Å². The molecule has 34 heavy (non-hydrogen) atoms. The minimum absolute atomic E-state index is 0.0587. The second kappa shape index (κ2) is 10.4. The summed E-state index contributed by atoms with van der Waals surface area (Å²) >= 11 is 15.5. The number of hydrogen-bond acceptors (Lipinski definition) is 6. The van der Waals surface area contributed by atoms with Crippen molar-refractivity contribution in [2.75, 3.05) is 12.9 Å². The predicted octanol–water partition coefficient (Wildman–Crippen LogP) is 4.99. The molecule has 1 unspecified atom stereocenters. The van der Waals surface area contributed by atoms with Gasteiger partial charge in [-0.05, 0) is 49.1 Å². The molecule has 0 saturated carbocycles. The van der Waals surface area contributed by atoms with E-state index in [1.807, 2.05) is 30.5 Å². The van der Waals surface area contributed by atoms with E-state index >= 15 is 0 Å². The van der Waals surface area contributed by atoms with Gasteiger partial charge in [0.2, 0.25) is 0 Å². The van der Waals surface area contributed by atoms with Crippen molar-refractivity contribution in [3.63, 3.8) is 0 Å². The Balaban J connectivity index is 1.95. The minimum atomic E-state index is -0.687. The smallest absolute Gasteiger partial charge is 0.338 e. The normalized spacial score (nSPS) is 15.6. The topological polar surface area (TPSA) is 60.7 Å². The molecule has 1 aromatic heterocycles. The van der Waals surface area contributed by atoms with Crippen LogP contribution < -0.4 is 14.9 Å². The molecule has 1 atom stereocenters. The van der Waals surface area contributed by atoms with Crippen LogP contribution in [-0.4, -0.2) is 23.4 Å². The summed E-state index contributed by atoms with van der Waals surface area (Å²) in [6.07, 6.45) is 5.15. The van der Waals surface area contributed by atoms with E-state index in [4.69, 9.17) is 27.9 Å². The van der Waals surface area contributed by atoms with Crippen LogP contribution in [0.4, 0.5) is 0 Å². The van der Waals surface area contributed by atoms with Gasteiger partial charge in [0.25, 0.3) is 5.56 Å².